The second-order valence-corrected chi connectivity index (χ2v) is 5.05. The molecule has 2 rings (SSSR count). The van der Waals surface area contributed by atoms with Crippen molar-refractivity contribution in [2.45, 2.75) is 19.1 Å². The van der Waals surface area contributed by atoms with Gasteiger partial charge in [0.2, 0.25) is 5.91 Å². The standard InChI is InChI=1S/C14H19N3O6/c18-12(17-3-5-23-11(9-17)6-13(19)20)8-16-14(21)15-7-10-2-1-4-22-10/h1-2,4,11H,3,5-9H2,(H,19,20)(H2,15,16,21). The van der Waals surface area contributed by atoms with Gasteiger partial charge in [-0.3, -0.25) is 9.59 Å². The zero-order valence-electron chi connectivity index (χ0n) is 12.5. The van der Waals surface area contributed by atoms with E-state index in [1.54, 1.807) is 12.1 Å². The summed E-state index contributed by atoms with van der Waals surface area (Å²) in [6, 6.07) is 2.96. The van der Waals surface area contributed by atoms with Crippen LogP contribution in [0.1, 0.15) is 12.2 Å². The summed E-state index contributed by atoms with van der Waals surface area (Å²) >= 11 is 0. The van der Waals surface area contributed by atoms with Crippen LogP contribution in [-0.4, -0.2) is 60.3 Å². The van der Waals surface area contributed by atoms with Crippen molar-refractivity contribution in [2.75, 3.05) is 26.2 Å². The highest BCUT2D eigenvalue weighted by Crippen LogP contribution is 2.08. The molecule has 1 atom stereocenters. The van der Waals surface area contributed by atoms with Gasteiger partial charge >= 0.3 is 12.0 Å². The number of urea groups is 1. The van der Waals surface area contributed by atoms with Gasteiger partial charge in [0, 0.05) is 13.1 Å². The fourth-order valence-electron chi connectivity index (χ4n) is 2.17. The molecule has 1 aliphatic heterocycles. The molecule has 1 fully saturated rings. The lowest BCUT2D eigenvalue weighted by molar-refractivity contribution is -0.147. The van der Waals surface area contributed by atoms with Crippen molar-refractivity contribution in [3.8, 4) is 0 Å². The van der Waals surface area contributed by atoms with Crippen molar-refractivity contribution >= 4 is 17.9 Å². The first kappa shape index (κ1) is 16.8. The van der Waals surface area contributed by atoms with E-state index in [2.05, 4.69) is 10.6 Å². The molecular formula is C14H19N3O6. The molecule has 9 heteroatoms. The summed E-state index contributed by atoms with van der Waals surface area (Å²) in [4.78, 5) is 35.8. The van der Waals surface area contributed by atoms with Gasteiger partial charge in [0.05, 0.1) is 38.5 Å². The highest BCUT2D eigenvalue weighted by molar-refractivity contribution is 5.84. The molecule has 0 spiro atoms. The molecule has 0 aliphatic carbocycles. The van der Waals surface area contributed by atoms with E-state index in [0.29, 0.717) is 12.3 Å². The van der Waals surface area contributed by atoms with Crippen molar-refractivity contribution < 1.29 is 28.6 Å². The molecule has 1 aromatic heterocycles. The van der Waals surface area contributed by atoms with Crippen LogP contribution in [0.25, 0.3) is 0 Å². The van der Waals surface area contributed by atoms with Crippen LogP contribution in [0.5, 0.6) is 0 Å². The first-order valence-corrected chi connectivity index (χ1v) is 7.20. The first-order chi connectivity index (χ1) is 11.0. The van der Waals surface area contributed by atoms with Crippen molar-refractivity contribution in [2.24, 2.45) is 0 Å². The van der Waals surface area contributed by atoms with Gasteiger partial charge in [0.25, 0.3) is 0 Å². The topological polar surface area (TPSA) is 121 Å². The Morgan fingerprint density at radius 2 is 2.17 bits per heavy atom. The molecule has 2 heterocycles. The van der Waals surface area contributed by atoms with Gasteiger partial charge in [0.15, 0.2) is 0 Å². The molecule has 1 unspecified atom stereocenters. The number of carbonyl (C=O) groups is 3. The number of carboxylic acids is 1. The van der Waals surface area contributed by atoms with Crippen LogP contribution in [0.15, 0.2) is 22.8 Å². The van der Waals surface area contributed by atoms with Crippen LogP contribution in [-0.2, 0) is 20.9 Å². The van der Waals surface area contributed by atoms with Crippen LogP contribution in [0.4, 0.5) is 4.79 Å². The van der Waals surface area contributed by atoms with E-state index in [1.807, 2.05) is 0 Å². The Labute approximate surface area is 132 Å². The Kier molecular flexibility index (Phi) is 5.98. The molecule has 126 valence electrons. The molecule has 0 aromatic carbocycles. The summed E-state index contributed by atoms with van der Waals surface area (Å²) in [5.41, 5.74) is 0. The van der Waals surface area contributed by atoms with Gasteiger partial charge in [-0.1, -0.05) is 0 Å². The average molecular weight is 325 g/mol. The third-order valence-electron chi connectivity index (χ3n) is 3.30. The Morgan fingerprint density at radius 3 is 2.87 bits per heavy atom. The molecule has 1 aromatic rings. The molecule has 0 saturated carbocycles. The SMILES string of the molecule is O=C(O)CC1CN(C(=O)CNC(=O)NCc2ccco2)CCO1. The number of aliphatic carboxylic acids is 1. The number of amides is 3. The van der Waals surface area contributed by atoms with Crippen LogP contribution in [0.3, 0.4) is 0 Å². The Bertz CT molecular complexity index is 545. The molecule has 1 saturated heterocycles. The van der Waals surface area contributed by atoms with E-state index in [1.165, 1.54) is 11.2 Å². The van der Waals surface area contributed by atoms with E-state index in [0.717, 1.165) is 0 Å². The Morgan fingerprint density at radius 1 is 1.35 bits per heavy atom. The largest absolute Gasteiger partial charge is 0.481 e. The van der Waals surface area contributed by atoms with Crippen molar-refractivity contribution in [3.63, 3.8) is 0 Å². The normalized spacial score (nSPS) is 17.6. The summed E-state index contributed by atoms with van der Waals surface area (Å²) in [5.74, 6) is -0.646. The van der Waals surface area contributed by atoms with Crippen molar-refractivity contribution in [1.29, 1.82) is 0 Å². The molecular weight excluding hydrogens is 306 g/mol. The van der Waals surface area contributed by atoms with Gasteiger partial charge in [-0.25, -0.2) is 4.79 Å². The number of ether oxygens (including phenoxy) is 1. The third kappa shape index (κ3) is 5.62. The smallest absolute Gasteiger partial charge is 0.315 e. The predicted molar refractivity (Wildman–Crippen MR) is 77.5 cm³/mol. The molecule has 23 heavy (non-hydrogen) atoms. The van der Waals surface area contributed by atoms with Gasteiger partial charge in [-0.15, -0.1) is 0 Å². The number of hydrogen-bond acceptors (Lipinski definition) is 5. The molecule has 1 aliphatic rings. The minimum atomic E-state index is -0.972. The summed E-state index contributed by atoms with van der Waals surface area (Å²) < 4.78 is 10.4. The number of furan rings is 1. The predicted octanol–water partition coefficient (Wildman–Crippen LogP) is -0.219. The van der Waals surface area contributed by atoms with E-state index >= 15 is 0 Å². The molecule has 0 radical (unpaired) electrons. The molecule has 9 nitrogen and oxygen atoms in total. The molecule has 3 amide bonds. The van der Waals surface area contributed by atoms with E-state index < -0.39 is 18.1 Å². The quantitative estimate of drug-likeness (QED) is 0.665. The summed E-state index contributed by atoms with van der Waals surface area (Å²) in [5, 5.41) is 13.8. The van der Waals surface area contributed by atoms with E-state index in [9.17, 15) is 14.4 Å². The van der Waals surface area contributed by atoms with E-state index in [4.69, 9.17) is 14.3 Å². The van der Waals surface area contributed by atoms with Crippen molar-refractivity contribution in [3.05, 3.63) is 24.2 Å². The second-order valence-electron chi connectivity index (χ2n) is 5.05. The Balaban J connectivity index is 1.69. The zero-order chi connectivity index (χ0) is 16.7. The number of nitrogens with one attached hydrogen (secondary N) is 2. The lowest BCUT2D eigenvalue weighted by Gasteiger charge is -2.32. The summed E-state index contributed by atoms with van der Waals surface area (Å²) in [7, 11) is 0. The van der Waals surface area contributed by atoms with E-state index in [-0.39, 0.29) is 38.6 Å². The number of morpholine rings is 1. The number of hydrogen-bond donors (Lipinski definition) is 3. The number of rotatable bonds is 6. The minimum Gasteiger partial charge on any atom is -0.481 e. The summed E-state index contributed by atoms with van der Waals surface area (Å²) in [6.07, 6.45) is 0.837. The summed E-state index contributed by atoms with van der Waals surface area (Å²) in [6.45, 7) is 0.939. The highest BCUT2D eigenvalue weighted by atomic mass is 16.5. The second kappa shape index (κ2) is 8.18. The van der Waals surface area contributed by atoms with Gasteiger partial charge in [-0.2, -0.15) is 0 Å². The van der Waals surface area contributed by atoms with Crippen LogP contribution >= 0.6 is 0 Å². The Hall–Kier alpha value is -2.55. The fraction of sp³-hybridized carbons (Fsp3) is 0.500. The fourth-order valence-corrected chi connectivity index (χ4v) is 2.17. The maximum absolute atomic E-state index is 12.0. The third-order valence-corrected chi connectivity index (χ3v) is 3.30. The highest BCUT2D eigenvalue weighted by Gasteiger charge is 2.25. The lowest BCUT2D eigenvalue weighted by atomic mass is 10.2. The molecule has 3 N–H and O–H groups in total. The number of carboxylic acid groups (broad SMARTS) is 1. The maximum Gasteiger partial charge on any atom is 0.315 e. The van der Waals surface area contributed by atoms with Gasteiger partial charge in [0.1, 0.15) is 5.76 Å². The van der Waals surface area contributed by atoms with Gasteiger partial charge < -0.3 is 29.8 Å². The minimum absolute atomic E-state index is 0.152. The lowest BCUT2D eigenvalue weighted by Crippen LogP contribution is -2.50. The van der Waals surface area contributed by atoms with Gasteiger partial charge in [-0.05, 0) is 12.1 Å². The molecule has 0 bridgehead atoms. The van der Waals surface area contributed by atoms with Crippen LogP contribution < -0.4 is 10.6 Å². The van der Waals surface area contributed by atoms with Crippen LogP contribution in [0, 0.1) is 0 Å². The first-order valence-electron chi connectivity index (χ1n) is 7.20. The number of nitrogens with zero attached hydrogens (tertiary/aromatic N) is 1. The van der Waals surface area contributed by atoms with Crippen molar-refractivity contribution in [1.82, 2.24) is 15.5 Å². The number of carbonyl (C=O) groups excluding carboxylic acids is 2. The maximum atomic E-state index is 12.0. The monoisotopic (exact) mass is 325 g/mol. The zero-order valence-corrected chi connectivity index (χ0v) is 12.5. The van der Waals surface area contributed by atoms with Crippen LogP contribution in [0.2, 0.25) is 0 Å². The average Bonchev–Trinajstić information content (AvgIpc) is 3.03.